The highest BCUT2D eigenvalue weighted by Crippen LogP contribution is 2.45. The normalized spacial score (nSPS) is 13.4. The van der Waals surface area contributed by atoms with Crippen LogP contribution in [0.3, 0.4) is 0 Å². The molecule has 2 aromatic heterocycles. The van der Waals surface area contributed by atoms with E-state index >= 15 is 0 Å². The van der Waals surface area contributed by atoms with Crippen molar-refractivity contribution < 1.29 is 19.8 Å². The summed E-state index contributed by atoms with van der Waals surface area (Å²) in [6.45, 7) is 4.25. The van der Waals surface area contributed by atoms with Crippen molar-refractivity contribution in [3.8, 4) is 11.5 Å². The van der Waals surface area contributed by atoms with E-state index in [1.54, 1.807) is 48.0 Å². The summed E-state index contributed by atoms with van der Waals surface area (Å²) in [5.74, 6) is 4.71. The van der Waals surface area contributed by atoms with Crippen LogP contribution in [0.25, 0.3) is 43.6 Å². The van der Waals surface area contributed by atoms with Gasteiger partial charge in [0.1, 0.15) is 11.5 Å². The van der Waals surface area contributed by atoms with Crippen LogP contribution in [0, 0.1) is 0 Å². The number of nitrogens with two attached hydrogens (primary N) is 1. The molecule has 2 amide bonds. The van der Waals surface area contributed by atoms with Crippen molar-refractivity contribution in [3.05, 3.63) is 47.5 Å². The molecule has 0 saturated carbocycles. The average molecular weight is 430 g/mol. The van der Waals surface area contributed by atoms with Gasteiger partial charge in [0, 0.05) is 34.1 Å². The number of rotatable bonds is 0. The summed E-state index contributed by atoms with van der Waals surface area (Å²) in [4.78, 5) is 29.2. The number of aromatic amines is 1. The molecule has 0 aliphatic carbocycles. The van der Waals surface area contributed by atoms with E-state index in [4.69, 9.17) is 5.84 Å². The van der Waals surface area contributed by atoms with E-state index in [1.807, 2.05) is 0 Å². The summed E-state index contributed by atoms with van der Waals surface area (Å²) in [7, 11) is 1.79. The number of amides is 2. The van der Waals surface area contributed by atoms with Crippen LogP contribution in [0.2, 0.25) is 0 Å². The first-order chi connectivity index (χ1) is 15.3. The van der Waals surface area contributed by atoms with Crippen LogP contribution in [0.15, 0.2) is 36.4 Å². The lowest BCUT2D eigenvalue weighted by molar-refractivity contribution is 0.0655. The highest BCUT2D eigenvalue weighted by molar-refractivity contribution is 6.39. The molecule has 3 heterocycles. The fourth-order valence-electron chi connectivity index (χ4n) is 4.67. The second-order valence-electron chi connectivity index (χ2n) is 8.00. The molecule has 6 rings (SSSR count). The Hall–Kier alpha value is -4.04. The van der Waals surface area contributed by atoms with Gasteiger partial charge in [-0.2, -0.15) is 0 Å². The van der Waals surface area contributed by atoms with Gasteiger partial charge in [-0.05, 0) is 24.3 Å². The Morgan fingerprint density at radius 2 is 1.59 bits per heavy atom. The fourth-order valence-corrected chi connectivity index (χ4v) is 4.67. The van der Waals surface area contributed by atoms with Crippen LogP contribution in [0.4, 0.5) is 0 Å². The minimum Gasteiger partial charge on any atom is -0.508 e. The Kier molecular flexibility index (Phi) is 4.18. The van der Waals surface area contributed by atoms with Crippen molar-refractivity contribution in [1.82, 2.24) is 14.6 Å². The molecule has 5 N–H and O–H groups in total. The smallest absolute Gasteiger partial charge is 0.276 e. The number of nitrogens with zero attached hydrogens (tertiary/aromatic N) is 2. The van der Waals surface area contributed by atoms with E-state index in [9.17, 15) is 19.8 Å². The minimum absolute atomic E-state index is 0.0447. The molecule has 3 aromatic carbocycles. The molecule has 8 heteroatoms. The molecule has 0 radical (unpaired) electrons. The van der Waals surface area contributed by atoms with Gasteiger partial charge in [-0.15, -0.1) is 0 Å². The Balaban J connectivity index is 0.000000684. The third-order valence-corrected chi connectivity index (χ3v) is 5.83. The number of aromatic hydroxyl groups is 2. The van der Waals surface area contributed by atoms with Crippen molar-refractivity contribution >= 4 is 55.4 Å². The first kappa shape index (κ1) is 19.9. The first-order valence-electron chi connectivity index (χ1n) is 10.4. The number of para-hydroxylation sites is 1. The number of carbonyl (C=O) groups excluding carboxylic acids is 2. The Morgan fingerprint density at radius 3 is 2.28 bits per heavy atom. The molecule has 0 fully saturated rings. The molecule has 0 atom stereocenters. The van der Waals surface area contributed by atoms with Crippen LogP contribution in [0.1, 0.15) is 41.0 Å². The highest BCUT2D eigenvalue weighted by atomic mass is 16.3. The number of phenolic OH excluding ortho intramolecular Hbond substituents is 2. The number of imide groups is 1. The van der Waals surface area contributed by atoms with Crippen LogP contribution in [-0.4, -0.2) is 36.6 Å². The maximum absolute atomic E-state index is 13.0. The summed E-state index contributed by atoms with van der Waals surface area (Å²) in [6.07, 6.45) is 1.25. The Bertz CT molecular complexity index is 1610. The Morgan fingerprint density at radius 1 is 0.938 bits per heavy atom. The predicted molar refractivity (Wildman–Crippen MR) is 124 cm³/mol. The van der Waals surface area contributed by atoms with Crippen LogP contribution < -0.4 is 5.84 Å². The minimum atomic E-state index is -0.599. The molecule has 8 nitrogen and oxygen atoms in total. The number of hydrogen-bond donors (Lipinski definition) is 4. The number of H-pyrrole nitrogens is 1. The molecule has 0 unspecified atom stereocenters. The quantitative estimate of drug-likeness (QED) is 0.166. The third-order valence-electron chi connectivity index (χ3n) is 5.83. The lowest BCUT2D eigenvalue weighted by Crippen LogP contribution is -2.36. The van der Waals surface area contributed by atoms with Crippen molar-refractivity contribution in [3.63, 3.8) is 0 Å². The van der Waals surface area contributed by atoms with E-state index in [2.05, 4.69) is 18.8 Å². The average Bonchev–Trinajstić information content (AvgIpc) is 3.34. The maximum Gasteiger partial charge on any atom is 0.276 e. The molecular weight excluding hydrogens is 408 g/mol. The van der Waals surface area contributed by atoms with Gasteiger partial charge in [0.2, 0.25) is 0 Å². The Labute approximate surface area is 182 Å². The standard InChI is InChI=1S/C21H14N4O4.C3H8/c1-24-18-9(3-2-4-12(18)27)14-16-15(20(28)25(22)21(16)29)13-10-7-8(26)5-6-11(10)23-17(13)19(14)24;1-3-2/h2-7,23,26-27H,22H2,1H3;3H2,1-2H3. The third kappa shape index (κ3) is 2.35. The summed E-state index contributed by atoms with van der Waals surface area (Å²) in [6, 6.07) is 9.88. The number of fused-ring (bicyclic) bond motifs is 10. The van der Waals surface area contributed by atoms with E-state index in [0.717, 1.165) is 0 Å². The number of hydrazine groups is 1. The summed E-state index contributed by atoms with van der Waals surface area (Å²) in [5, 5.41) is 23.4. The molecule has 1 aliphatic heterocycles. The van der Waals surface area contributed by atoms with E-state index < -0.39 is 11.8 Å². The van der Waals surface area contributed by atoms with Gasteiger partial charge in [0.15, 0.2) is 0 Å². The zero-order valence-electron chi connectivity index (χ0n) is 17.9. The number of aryl methyl sites for hydroxylation is 1. The largest absolute Gasteiger partial charge is 0.508 e. The second kappa shape index (κ2) is 6.73. The van der Waals surface area contributed by atoms with Crippen molar-refractivity contribution in [2.75, 3.05) is 0 Å². The number of nitrogens with one attached hydrogen (secondary N) is 1. The predicted octanol–water partition coefficient (Wildman–Crippen LogP) is 4.26. The number of carbonyl (C=O) groups is 2. The molecular formula is C24H22N4O4. The number of aromatic nitrogens is 2. The molecule has 1 aliphatic rings. The SMILES string of the molecule is CCC.Cn1c2c(O)cccc2c2c3c(c4c5cc(O)ccc5[nH]c4c21)C(=O)N(N)C3=O. The number of hydrogen-bond acceptors (Lipinski definition) is 5. The number of benzene rings is 3. The van der Waals surface area contributed by atoms with Gasteiger partial charge in [-0.1, -0.05) is 32.4 Å². The summed E-state index contributed by atoms with van der Waals surface area (Å²) < 4.78 is 1.80. The molecule has 0 bridgehead atoms. The molecule has 32 heavy (non-hydrogen) atoms. The topological polar surface area (TPSA) is 125 Å². The highest BCUT2D eigenvalue weighted by Gasteiger charge is 2.40. The molecule has 0 saturated heterocycles. The maximum atomic E-state index is 13.0. The monoisotopic (exact) mass is 430 g/mol. The van der Waals surface area contributed by atoms with Gasteiger partial charge in [-0.25, -0.2) is 10.9 Å². The molecule has 162 valence electrons. The van der Waals surface area contributed by atoms with Gasteiger partial charge in [0.25, 0.3) is 11.8 Å². The van der Waals surface area contributed by atoms with Gasteiger partial charge in [0.05, 0.1) is 27.7 Å². The zero-order valence-corrected chi connectivity index (χ0v) is 17.9. The zero-order chi connectivity index (χ0) is 22.9. The van der Waals surface area contributed by atoms with E-state index in [1.165, 1.54) is 6.42 Å². The lowest BCUT2D eigenvalue weighted by Gasteiger charge is -2.05. The van der Waals surface area contributed by atoms with Crippen molar-refractivity contribution in [2.45, 2.75) is 20.3 Å². The van der Waals surface area contributed by atoms with Gasteiger partial charge >= 0.3 is 0 Å². The summed E-state index contributed by atoms with van der Waals surface area (Å²) >= 11 is 0. The second-order valence-corrected chi connectivity index (χ2v) is 8.00. The van der Waals surface area contributed by atoms with Crippen molar-refractivity contribution in [1.29, 1.82) is 0 Å². The summed E-state index contributed by atoms with van der Waals surface area (Å²) in [5.41, 5.74) is 2.97. The van der Waals surface area contributed by atoms with Crippen LogP contribution in [-0.2, 0) is 7.05 Å². The van der Waals surface area contributed by atoms with Crippen molar-refractivity contribution in [2.24, 2.45) is 12.9 Å². The van der Waals surface area contributed by atoms with Gasteiger partial charge < -0.3 is 19.8 Å². The van der Waals surface area contributed by atoms with Crippen LogP contribution >= 0.6 is 0 Å². The number of phenols is 2. The van der Waals surface area contributed by atoms with Crippen LogP contribution in [0.5, 0.6) is 11.5 Å². The molecule has 0 spiro atoms. The molecule has 5 aromatic rings. The lowest BCUT2D eigenvalue weighted by atomic mass is 9.96. The van der Waals surface area contributed by atoms with Gasteiger partial charge in [-0.3, -0.25) is 9.59 Å². The van der Waals surface area contributed by atoms with E-state index in [0.29, 0.717) is 48.6 Å². The fraction of sp³-hybridized carbons (Fsp3) is 0.167. The van der Waals surface area contributed by atoms with E-state index in [-0.39, 0.29) is 22.6 Å². The first-order valence-corrected chi connectivity index (χ1v) is 10.4.